The van der Waals surface area contributed by atoms with E-state index in [1.165, 1.54) is 31.0 Å². The van der Waals surface area contributed by atoms with Crippen LogP contribution in [0.25, 0.3) is 0 Å². The molecule has 0 saturated carbocycles. The second kappa shape index (κ2) is 17.1. The molecule has 0 aliphatic carbocycles. The fourth-order valence-corrected chi connectivity index (χ4v) is 1.78. The van der Waals surface area contributed by atoms with Gasteiger partial charge in [0.1, 0.15) is 0 Å². The lowest BCUT2D eigenvalue weighted by Gasteiger charge is -1.87. The largest absolute Gasteiger partial charge is 0.481 e. The second-order valence-electron chi connectivity index (χ2n) is 4.29. The Bertz CT molecular complexity index is 547. The van der Waals surface area contributed by atoms with E-state index >= 15 is 0 Å². The molecule has 116 valence electrons. The van der Waals surface area contributed by atoms with Gasteiger partial charge < -0.3 is 5.11 Å². The number of carboxylic acid groups (broad SMARTS) is 1. The van der Waals surface area contributed by atoms with Crippen LogP contribution in [-0.4, -0.2) is 22.6 Å². The van der Waals surface area contributed by atoms with E-state index in [4.69, 9.17) is 5.11 Å². The van der Waals surface area contributed by atoms with E-state index in [9.17, 15) is 4.79 Å². The van der Waals surface area contributed by atoms with E-state index in [0.717, 1.165) is 6.42 Å². The number of unbranched alkanes of at least 4 members (excludes halogenated alkanes) is 3. The quantitative estimate of drug-likeness (QED) is 0.601. The molecule has 0 spiro atoms. The molecule has 0 bridgehead atoms. The predicted octanol–water partition coefficient (Wildman–Crippen LogP) is 3.57. The van der Waals surface area contributed by atoms with Crippen molar-refractivity contribution < 1.29 is 9.90 Å². The highest BCUT2D eigenvalue weighted by Crippen LogP contribution is 1.97. The van der Waals surface area contributed by atoms with Gasteiger partial charge in [-0.3, -0.25) is 4.79 Å². The highest BCUT2D eigenvalue weighted by atomic mass is 32.2. The molecule has 3 heteroatoms. The molecule has 0 saturated heterocycles. The number of aliphatic carboxylic acids is 1. The Morgan fingerprint density at radius 1 is 0.864 bits per heavy atom. The zero-order chi connectivity index (χ0) is 16.3. The van der Waals surface area contributed by atoms with Gasteiger partial charge in [-0.1, -0.05) is 61.2 Å². The predicted molar refractivity (Wildman–Crippen MR) is 94.1 cm³/mol. The molecule has 2 nitrogen and oxygen atoms in total. The average Bonchev–Trinajstić information content (AvgIpc) is 2.50. The highest BCUT2D eigenvalue weighted by Gasteiger charge is 1.92. The zero-order valence-electron chi connectivity index (χ0n) is 13.1. The van der Waals surface area contributed by atoms with Crippen LogP contribution < -0.4 is 0 Å². The van der Waals surface area contributed by atoms with Crippen molar-refractivity contribution in [1.82, 2.24) is 0 Å². The van der Waals surface area contributed by atoms with E-state index in [1.807, 2.05) is 0 Å². The van der Waals surface area contributed by atoms with Crippen LogP contribution in [0.1, 0.15) is 51.9 Å². The van der Waals surface area contributed by atoms with Crippen LogP contribution in [-0.2, 0) is 4.79 Å². The zero-order valence-corrected chi connectivity index (χ0v) is 13.9. The normalized spacial score (nSPS) is 8.05. The van der Waals surface area contributed by atoms with E-state index in [1.54, 1.807) is 0 Å². The first-order valence-corrected chi connectivity index (χ1v) is 8.55. The van der Waals surface area contributed by atoms with Gasteiger partial charge in [0.2, 0.25) is 0 Å². The molecule has 0 aromatic heterocycles. The van der Waals surface area contributed by atoms with E-state index in [0.29, 0.717) is 25.0 Å². The van der Waals surface area contributed by atoms with Gasteiger partial charge in [0.25, 0.3) is 0 Å². The molecule has 0 radical (unpaired) electrons. The fourth-order valence-electron chi connectivity index (χ4n) is 1.30. The molecule has 0 heterocycles. The summed E-state index contributed by atoms with van der Waals surface area (Å²) in [5.41, 5.74) is 0. The summed E-state index contributed by atoms with van der Waals surface area (Å²) in [6.07, 6.45) is 6.30. The van der Waals surface area contributed by atoms with Gasteiger partial charge in [0.05, 0.1) is 30.8 Å². The van der Waals surface area contributed by atoms with Crippen LogP contribution in [0.2, 0.25) is 0 Å². The molecule has 0 amide bonds. The average molecular weight is 314 g/mol. The van der Waals surface area contributed by atoms with E-state index in [2.05, 4.69) is 54.3 Å². The van der Waals surface area contributed by atoms with Crippen molar-refractivity contribution in [2.75, 3.05) is 11.5 Å². The molecular weight excluding hydrogens is 292 g/mol. The maximum absolute atomic E-state index is 10.2. The van der Waals surface area contributed by atoms with Crippen LogP contribution in [0.15, 0.2) is 0 Å². The lowest BCUT2D eigenvalue weighted by molar-refractivity contribution is -0.133. The molecule has 0 aromatic rings. The monoisotopic (exact) mass is 314 g/mol. The fraction of sp³-hybridized carbons (Fsp3) is 0.526. The van der Waals surface area contributed by atoms with Gasteiger partial charge in [-0.2, -0.15) is 0 Å². The summed E-state index contributed by atoms with van der Waals surface area (Å²) in [5, 5.41) is 8.43. The van der Waals surface area contributed by atoms with Crippen LogP contribution in [0, 0.1) is 47.4 Å². The third kappa shape index (κ3) is 18.1. The molecule has 0 unspecified atom stereocenters. The molecular formula is C19H22O2S. The van der Waals surface area contributed by atoms with Crippen LogP contribution in [0.3, 0.4) is 0 Å². The maximum atomic E-state index is 10.2. The Hall–Kier alpha value is -1.94. The van der Waals surface area contributed by atoms with E-state index in [-0.39, 0.29) is 5.75 Å². The highest BCUT2D eigenvalue weighted by molar-refractivity contribution is 8.00. The van der Waals surface area contributed by atoms with Crippen LogP contribution in [0.4, 0.5) is 0 Å². The molecule has 0 fully saturated rings. The summed E-state index contributed by atoms with van der Waals surface area (Å²) in [6.45, 7) is 2.18. The number of rotatable bonds is 6. The van der Waals surface area contributed by atoms with Gasteiger partial charge in [-0.05, 0) is 6.42 Å². The lowest BCUT2D eigenvalue weighted by Crippen LogP contribution is -1.97. The Labute approximate surface area is 138 Å². The topological polar surface area (TPSA) is 37.3 Å². The number of carboxylic acids is 1. The minimum atomic E-state index is -0.809. The van der Waals surface area contributed by atoms with Crippen LogP contribution in [0.5, 0.6) is 0 Å². The van der Waals surface area contributed by atoms with Crippen molar-refractivity contribution in [3.05, 3.63) is 0 Å². The summed E-state index contributed by atoms with van der Waals surface area (Å²) < 4.78 is 0. The SMILES string of the molecule is CCCCCC#CCC#CCC#CCC#CCSCC(=O)O. The van der Waals surface area contributed by atoms with Crippen molar-refractivity contribution in [1.29, 1.82) is 0 Å². The summed E-state index contributed by atoms with van der Waals surface area (Å²) in [4.78, 5) is 10.2. The summed E-state index contributed by atoms with van der Waals surface area (Å²) in [6, 6.07) is 0. The number of hydrogen-bond acceptors (Lipinski definition) is 2. The molecule has 0 rings (SSSR count). The Kier molecular flexibility index (Phi) is 15.6. The molecule has 0 aliphatic heterocycles. The van der Waals surface area contributed by atoms with Gasteiger partial charge in [-0.15, -0.1) is 17.7 Å². The summed E-state index contributed by atoms with van der Waals surface area (Å²) in [5.74, 6) is 23.6. The maximum Gasteiger partial charge on any atom is 0.313 e. The third-order valence-electron chi connectivity index (χ3n) is 2.34. The van der Waals surface area contributed by atoms with Gasteiger partial charge in [-0.25, -0.2) is 0 Å². The Balaban J connectivity index is 3.58. The Morgan fingerprint density at radius 2 is 1.41 bits per heavy atom. The van der Waals surface area contributed by atoms with Crippen molar-refractivity contribution >= 4 is 17.7 Å². The second-order valence-corrected chi connectivity index (χ2v) is 5.27. The Morgan fingerprint density at radius 3 is 1.95 bits per heavy atom. The summed E-state index contributed by atoms with van der Waals surface area (Å²) >= 11 is 1.29. The van der Waals surface area contributed by atoms with Crippen molar-refractivity contribution in [2.45, 2.75) is 51.9 Å². The molecule has 22 heavy (non-hydrogen) atoms. The first kappa shape index (κ1) is 20.1. The van der Waals surface area contributed by atoms with Gasteiger partial charge >= 0.3 is 5.97 Å². The number of hydrogen-bond donors (Lipinski definition) is 1. The lowest BCUT2D eigenvalue weighted by atomic mass is 10.2. The van der Waals surface area contributed by atoms with E-state index < -0.39 is 5.97 Å². The van der Waals surface area contributed by atoms with Crippen molar-refractivity contribution in [2.24, 2.45) is 0 Å². The standard InChI is InChI=1S/C19H22O2S/c1-2-3-4-5-6-7-8-9-10-11-12-13-14-15-16-17-22-18-19(20)21/h2-5,8,11,14,17-18H2,1H3,(H,20,21). The molecule has 0 aliphatic rings. The summed E-state index contributed by atoms with van der Waals surface area (Å²) in [7, 11) is 0. The minimum Gasteiger partial charge on any atom is -0.481 e. The van der Waals surface area contributed by atoms with Crippen molar-refractivity contribution in [3.8, 4) is 47.4 Å². The number of thioether (sulfide) groups is 1. The molecule has 1 N–H and O–H groups in total. The van der Waals surface area contributed by atoms with Crippen LogP contribution >= 0.6 is 11.8 Å². The first-order chi connectivity index (χ1) is 10.8. The molecule has 0 atom stereocenters. The number of carbonyl (C=O) groups is 1. The van der Waals surface area contributed by atoms with Gasteiger partial charge in [0.15, 0.2) is 0 Å². The van der Waals surface area contributed by atoms with Crippen molar-refractivity contribution in [3.63, 3.8) is 0 Å². The third-order valence-corrected chi connectivity index (χ3v) is 3.13. The van der Waals surface area contributed by atoms with Gasteiger partial charge in [0, 0.05) is 6.42 Å². The minimum absolute atomic E-state index is 0.0947. The smallest absolute Gasteiger partial charge is 0.313 e. The molecule has 0 aromatic carbocycles. The first-order valence-electron chi connectivity index (χ1n) is 7.39.